The second-order valence-electron chi connectivity index (χ2n) is 6.93. The lowest BCUT2D eigenvalue weighted by Gasteiger charge is -2.29. The van der Waals surface area contributed by atoms with Crippen molar-refractivity contribution in [2.75, 3.05) is 24.8 Å². The summed E-state index contributed by atoms with van der Waals surface area (Å²) in [4.78, 5) is 32.5. The topological polar surface area (TPSA) is 144 Å². The van der Waals surface area contributed by atoms with E-state index >= 15 is 0 Å². The number of carbonyl (C=O) groups is 1. The van der Waals surface area contributed by atoms with Crippen molar-refractivity contribution in [3.63, 3.8) is 0 Å². The van der Waals surface area contributed by atoms with Crippen molar-refractivity contribution >= 4 is 28.8 Å². The quantitative estimate of drug-likeness (QED) is 0.568. The van der Waals surface area contributed by atoms with Crippen molar-refractivity contribution in [2.24, 2.45) is 0 Å². The Hall–Kier alpha value is -2.88. The van der Waals surface area contributed by atoms with Crippen LogP contribution in [0.4, 0.5) is 16.4 Å². The van der Waals surface area contributed by atoms with Gasteiger partial charge in [-0.1, -0.05) is 0 Å². The predicted octanol–water partition coefficient (Wildman–Crippen LogP) is 0.835. The Kier molecular flexibility index (Phi) is 6.30. The third kappa shape index (κ3) is 4.50. The number of anilines is 2. The molecule has 1 aliphatic carbocycles. The van der Waals surface area contributed by atoms with Gasteiger partial charge in [0.05, 0.1) is 12.5 Å². The molecular formula is C18H26N6O4. The lowest BCUT2D eigenvalue weighted by atomic mass is 9.91. The Labute approximate surface area is 162 Å². The summed E-state index contributed by atoms with van der Waals surface area (Å²) >= 11 is 0. The van der Waals surface area contributed by atoms with Gasteiger partial charge in [0.15, 0.2) is 0 Å². The molecule has 0 atom stereocenters. The molecule has 0 spiro atoms. The van der Waals surface area contributed by atoms with Crippen LogP contribution in [-0.4, -0.2) is 51.5 Å². The second kappa shape index (κ2) is 8.87. The minimum Gasteiger partial charge on any atom is -0.453 e. The van der Waals surface area contributed by atoms with Crippen molar-refractivity contribution in [1.29, 1.82) is 0 Å². The van der Waals surface area contributed by atoms with Crippen LogP contribution >= 0.6 is 0 Å². The second-order valence-corrected chi connectivity index (χ2v) is 6.93. The van der Waals surface area contributed by atoms with Gasteiger partial charge in [-0.25, -0.2) is 9.78 Å². The van der Waals surface area contributed by atoms with E-state index in [1.54, 1.807) is 6.20 Å². The minimum absolute atomic E-state index is 0.0165. The normalized spacial score (nSPS) is 19.4. The lowest BCUT2D eigenvalue weighted by Crippen LogP contribution is -2.40. The smallest absolute Gasteiger partial charge is 0.407 e. The molecule has 152 valence electrons. The highest BCUT2D eigenvalue weighted by Crippen LogP contribution is 2.23. The fourth-order valence-corrected chi connectivity index (χ4v) is 3.48. The summed E-state index contributed by atoms with van der Waals surface area (Å²) in [6, 6.07) is 1.63. The molecule has 0 radical (unpaired) electrons. The van der Waals surface area contributed by atoms with Gasteiger partial charge in [-0.3, -0.25) is 9.36 Å². The number of hydrogen-bond acceptors (Lipinski definition) is 8. The molecule has 0 aliphatic heterocycles. The lowest BCUT2D eigenvalue weighted by molar-refractivity contribution is 0.162. The van der Waals surface area contributed by atoms with Crippen LogP contribution in [0.2, 0.25) is 0 Å². The summed E-state index contributed by atoms with van der Waals surface area (Å²) in [7, 11) is 1.35. The molecule has 1 aliphatic rings. The number of methoxy groups -OCH3 is 1. The Morgan fingerprint density at radius 3 is 2.75 bits per heavy atom. The number of ether oxygens (including phenoxy) is 1. The Balaban J connectivity index is 1.74. The molecule has 5 N–H and O–H groups in total. The molecule has 0 aromatic carbocycles. The number of fused-ring (bicyclic) bond motifs is 1. The maximum Gasteiger partial charge on any atom is 0.407 e. The van der Waals surface area contributed by atoms with E-state index in [-0.39, 0.29) is 24.2 Å². The van der Waals surface area contributed by atoms with E-state index in [0.717, 1.165) is 25.7 Å². The molecule has 0 saturated heterocycles. The van der Waals surface area contributed by atoms with Crippen molar-refractivity contribution in [3.8, 4) is 0 Å². The summed E-state index contributed by atoms with van der Waals surface area (Å²) in [6.07, 6.45) is 5.01. The maximum atomic E-state index is 12.3. The maximum absolute atomic E-state index is 12.3. The summed E-state index contributed by atoms with van der Waals surface area (Å²) in [5.41, 5.74) is 6.49. The highest BCUT2D eigenvalue weighted by atomic mass is 16.5. The molecule has 2 aromatic rings. The number of aryl methyl sites for hydroxylation is 1. The van der Waals surface area contributed by atoms with Gasteiger partial charge in [0.1, 0.15) is 5.65 Å². The first-order chi connectivity index (χ1) is 13.5. The number of alkyl carbamates (subject to hydrolysis) is 1. The summed E-state index contributed by atoms with van der Waals surface area (Å²) in [5, 5.41) is 15.8. The van der Waals surface area contributed by atoms with E-state index in [1.165, 1.54) is 17.7 Å². The van der Waals surface area contributed by atoms with E-state index in [0.29, 0.717) is 35.6 Å². The van der Waals surface area contributed by atoms with Crippen LogP contribution in [0.5, 0.6) is 0 Å². The van der Waals surface area contributed by atoms with Crippen molar-refractivity contribution in [3.05, 3.63) is 22.6 Å². The molecule has 3 rings (SSSR count). The van der Waals surface area contributed by atoms with Crippen LogP contribution in [0.15, 0.2) is 17.1 Å². The number of hydrogen-bond donors (Lipinski definition) is 4. The van der Waals surface area contributed by atoms with Crippen molar-refractivity contribution in [2.45, 2.75) is 50.7 Å². The highest BCUT2D eigenvalue weighted by molar-refractivity contribution is 5.87. The zero-order chi connectivity index (χ0) is 20.1. The molecule has 2 aromatic heterocycles. The monoisotopic (exact) mass is 390 g/mol. The fourth-order valence-electron chi connectivity index (χ4n) is 3.48. The van der Waals surface area contributed by atoms with E-state index in [2.05, 4.69) is 25.3 Å². The molecule has 1 fully saturated rings. The van der Waals surface area contributed by atoms with E-state index in [1.807, 2.05) is 0 Å². The number of nitrogens with one attached hydrogen (secondary N) is 2. The first-order valence-corrected chi connectivity index (χ1v) is 9.39. The number of nitrogens with two attached hydrogens (primary N) is 1. The summed E-state index contributed by atoms with van der Waals surface area (Å²) in [6.45, 7) is 0.338. The van der Waals surface area contributed by atoms with Crippen LogP contribution < -0.4 is 21.9 Å². The van der Waals surface area contributed by atoms with Gasteiger partial charge >= 0.3 is 6.09 Å². The van der Waals surface area contributed by atoms with E-state index in [9.17, 15) is 9.59 Å². The van der Waals surface area contributed by atoms with Crippen LogP contribution in [-0.2, 0) is 11.3 Å². The zero-order valence-electron chi connectivity index (χ0n) is 15.9. The van der Waals surface area contributed by atoms with Crippen LogP contribution in [0.25, 0.3) is 11.0 Å². The van der Waals surface area contributed by atoms with Gasteiger partial charge in [-0.2, -0.15) is 4.98 Å². The average Bonchev–Trinajstić information content (AvgIpc) is 2.69. The highest BCUT2D eigenvalue weighted by Gasteiger charge is 2.23. The van der Waals surface area contributed by atoms with Crippen LogP contribution in [0.3, 0.4) is 0 Å². The van der Waals surface area contributed by atoms with Crippen molar-refractivity contribution in [1.82, 2.24) is 19.9 Å². The first-order valence-electron chi connectivity index (χ1n) is 9.39. The first kappa shape index (κ1) is 19.9. The molecule has 10 heteroatoms. The van der Waals surface area contributed by atoms with Gasteiger partial charge in [0.2, 0.25) is 5.95 Å². The van der Waals surface area contributed by atoms with Crippen LogP contribution in [0.1, 0.15) is 32.1 Å². The van der Waals surface area contributed by atoms with Crippen LogP contribution in [0, 0.1) is 0 Å². The minimum atomic E-state index is -0.410. The third-order valence-corrected chi connectivity index (χ3v) is 4.99. The number of amides is 1. The number of aromatic nitrogens is 3. The SMILES string of the molecule is COC(=O)NC1CCC(Nc2ncc3c(N)cc(=O)n(CCCO)c3n2)CC1. The Morgan fingerprint density at radius 1 is 1.36 bits per heavy atom. The standard InChI is InChI=1S/C18H26N6O4/c1-28-18(27)22-12-5-3-11(4-6-12)21-17-20-10-13-14(19)9-15(26)24(7-2-8-25)16(13)23-17/h9-12,25H,2-8,19H2,1H3,(H,22,27)(H,20,21,23). The average molecular weight is 390 g/mol. The third-order valence-electron chi connectivity index (χ3n) is 4.99. The number of rotatable bonds is 6. The van der Waals surface area contributed by atoms with E-state index in [4.69, 9.17) is 10.8 Å². The van der Waals surface area contributed by atoms with Gasteiger partial charge in [0, 0.05) is 43.2 Å². The van der Waals surface area contributed by atoms with Gasteiger partial charge in [0.25, 0.3) is 5.56 Å². The molecule has 1 saturated carbocycles. The van der Waals surface area contributed by atoms with E-state index < -0.39 is 6.09 Å². The molecule has 0 unspecified atom stereocenters. The zero-order valence-corrected chi connectivity index (χ0v) is 15.9. The number of aliphatic hydroxyl groups excluding tert-OH is 1. The molecule has 1 amide bonds. The fraction of sp³-hybridized carbons (Fsp3) is 0.556. The summed E-state index contributed by atoms with van der Waals surface area (Å²) in [5.74, 6) is 0.430. The molecule has 28 heavy (non-hydrogen) atoms. The molecule has 2 heterocycles. The number of carbonyl (C=O) groups excluding carboxylic acids is 1. The largest absolute Gasteiger partial charge is 0.453 e. The Morgan fingerprint density at radius 2 is 2.07 bits per heavy atom. The van der Waals surface area contributed by atoms with Gasteiger partial charge < -0.3 is 26.2 Å². The predicted molar refractivity (Wildman–Crippen MR) is 105 cm³/mol. The Bertz CT molecular complexity index is 892. The number of nitrogen functional groups attached to an aromatic ring is 1. The van der Waals surface area contributed by atoms with Gasteiger partial charge in [-0.05, 0) is 32.1 Å². The molecular weight excluding hydrogens is 364 g/mol. The van der Waals surface area contributed by atoms with Gasteiger partial charge in [-0.15, -0.1) is 0 Å². The van der Waals surface area contributed by atoms with Crippen molar-refractivity contribution < 1.29 is 14.6 Å². The molecule has 0 bridgehead atoms. The number of pyridine rings is 1. The summed E-state index contributed by atoms with van der Waals surface area (Å²) < 4.78 is 6.14. The number of nitrogens with zero attached hydrogens (tertiary/aromatic N) is 3. The molecule has 10 nitrogen and oxygen atoms in total. The number of aliphatic hydroxyl groups is 1.